The Labute approximate surface area is 446 Å². The fraction of sp³-hybridized carbons (Fsp3) is 0.0870. The number of hydrogen-bond acceptors (Lipinski definition) is 3. The minimum Gasteiger partial charge on any atom is -0.309 e. The first-order chi connectivity index (χ1) is 37.7. The average Bonchev–Trinajstić information content (AvgIpc) is 4.39. The molecule has 0 N–H and O–H groups in total. The number of para-hydroxylation sites is 6. The van der Waals surface area contributed by atoms with Gasteiger partial charge in [-0.2, -0.15) is 4.98 Å². The molecule has 0 amide bonds. The molecule has 77 heavy (non-hydrogen) atoms. The Morgan fingerprint density at radius 1 is 0.286 bits per heavy atom. The first kappa shape index (κ1) is 44.9. The van der Waals surface area contributed by atoms with Crippen molar-refractivity contribution in [2.45, 2.75) is 41.5 Å². The van der Waals surface area contributed by atoms with Crippen LogP contribution in [0.15, 0.2) is 206 Å². The summed E-state index contributed by atoms with van der Waals surface area (Å²) in [6.07, 6.45) is 0. The highest BCUT2D eigenvalue weighted by Gasteiger charge is 2.34. The normalized spacial score (nSPS) is 12.0. The van der Waals surface area contributed by atoms with E-state index in [4.69, 9.17) is 15.0 Å². The third-order valence-corrected chi connectivity index (χ3v) is 16.3. The number of fused-ring (bicyclic) bond motifs is 14. The quantitative estimate of drug-likeness (QED) is 0.150. The molecule has 0 aliphatic heterocycles. The van der Waals surface area contributed by atoms with E-state index >= 15 is 0 Å². The van der Waals surface area contributed by atoms with Crippen molar-refractivity contribution in [1.82, 2.24) is 33.2 Å². The standard InChI is InChI=1S/C69H52BN7/c1-41-37-43(3)65(44(4)38-41)70(66-45(5)39-42(2)40-46(66)6)67-71-68(76-55-31-19-15-27-51(55)63-59(76)35-33-57-61(63)49-25-13-17-29-53(49)74(57)47-21-9-7-10-22-47)73-69(72-67)77-56-32-20-16-28-52(56)64-60(77)36-34-58-62(64)50-26-14-18-30-54(50)75(58)48-23-11-8-12-24-48/h7-40H,1-6H3. The third-order valence-electron chi connectivity index (χ3n) is 16.3. The van der Waals surface area contributed by atoms with Gasteiger partial charge in [0, 0.05) is 54.5 Å². The lowest BCUT2D eigenvalue weighted by Gasteiger charge is -2.24. The zero-order chi connectivity index (χ0) is 51.8. The van der Waals surface area contributed by atoms with Crippen LogP contribution in [0.1, 0.15) is 33.4 Å². The molecule has 5 aromatic heterocycles. The zero-order valence-corrected chi connectivity index (χ0v) is 43.8. The maximum absolute atomic E-state index is 5.85. The second-order valence-corrected chi connectivity index (χ2v) is 21.1. The van der Waals surface area contributed by atoms with E-state index in [1.807, 2.05) is 0 Å². The molecule has 0 spiro atoms. The minimum absolute atomic E-state index is 0.330. The Hall–Kier alpha value is -9.53. The van der Waals surface area contributed by atoms with E-state index < -0.39 is 0 Å². The molecule has 0 aliphatic carbocycles. The van der Waals surface area contributed by atoms with Gasteiger partial charge in [-0.1, -0.05) is 178 Å². The van der Waals surface area contributed by atoms with Crippen LogP contribution in [0.3, 0.4) is 0 Å². The zero-order valence-electron chi connectivity index (χ0n) is 43.8. The summed E-state index contributed by atoms with van der Waals surface area (Å²) in [4.78, 5) is 17.5. The minimum atomic E-state index is -0.330. The smallest absolute Gasteiger partial charge is 0.291 e. The summed E-state index contributed by atoms with van der Waals surface area (Å²) in [6, 6.07) is 74.9. The van der Waals surface area contributed by atoms with Gasteiger partial charge in [-0.05, 0) is 114 Å². The van der Waals surface area contributed by atoms with E-state index in [2.05, 4.69) is 266 Å². The van der Waals surface area contributed by atoms with Crippen molar-refractivity contribution in [3.63, 3.8) is 0 Å². The monoisotopic (exact) mass is 989 g/mol. The lowest BCUT2D eigenvalue weighted by atomic mass is 9.37. The molecule has 0 fully saturated rings. The van der Waals surface area contributed by atoms with E-state index in [9.17, 15) is 0 Å². The molecule has 10 aromatic carbocycles. The van der Waals surface area contributed by atoms with Gasteiger partial charge in [-0.3, -0.25) is 9.13 Å². The molecule has 0 aliphatic rings. The highest BCUT2D eigenvalue weighted by Crippen LogP contribution is 2.44. The topological polar surface area (TPSA) is 58.4 Å². The highest BCUT2D eigenvalue weighted by molar-refractivity contribution is 6.95. The maximum Gasteiger partial charge on any atom is 0.291 e. The van der Waals surface area contributed by atoms with Crippen LogP contribution in [0.5, 0.6) is 0 Å². The van der Waals surface area contributed by atoms with Gasteiger partial charge in [0.25, 0.3) is 6.71 Å². The molecule has 0 atom stereocenters. The maximum atomic E-state index is 5.85. The largest absolute Gasteiger partial charge is 0.309 e. The predicted octanol–water partition coefficient (Wildman–Crippen LogP) is 14.6. The summed E-state index contributed by atoms with van der Waals surface area (Å²) in [5.74, 6) is 1.12. The Bertz CT molecular complexity index is 4590. The lowest BCUT2D eigenvalue weighted by molar-refractivity contribution is 0.905. The fourth-order valence-electron chi connectivity index (χ4n) is 13.6. The number of rotatable bonds is 7. The lowest BCUT2D eigenvalue weighted by Crippen LogP contribution is -2.58. The van der Waals surface area contributed by atoms with Crippen LogP contribution < -0.4 is 16.6 Å². The average molecular weight is 990 g/mol. The molecule has 5 heterocycles. The Balaban J connectivity index is 1.10. The van der Waals surface area contributed by atoms with Gasteiger partial charge in [0.1, 0.15) is 5.72 Å². The van der Waals surface area contributed by atoms with Crippen molar-refractivity contribution < 1.29 is 0 Å². The molecule has 8 heteroatoms. The second-order valence-electron chi connectivity index (χ2n) is 21.1. The van der Waals surface area contributed by atoms with Gasteiger partial charge in [0.15, 0.2) is 0 Å². The summed E-state index contributed by atoms with van der Waals surface area (Å²) in [5.41, 5.74) is 21.3. The van der Waals surface area contributed by atoms with E-state index in [0.29, 0.717) is 17.6 Å². The summed E-state index contributed by atoms with van der Waals surface area (Å²) < 4.78 is 9.39. The fourth-order valence-corrected chi connectivity index (χ4v) is 13.6. The molecule has 0 unspecified atom stereocenters. The van der Waals surface area contributed by atoms with Crippen molar-refractivity contribution in [3.05, 3.63) is 240 Å². The van der Waals surface area contributed by atoms with Gasteiger partial charge in [-0.15, -0.1) is 0 Å². The van der Waals surface area contributed by atoms with Crippen molar-refractivity contribution in [1.29, 1.82) is 0 Å². The molecule has 366 valence electrons. The van der Waals surface area contributed by atoms with Gasteiger partial charge in [0.05, 0.1) is 44.1 Å². The number of aromatic nitrogens is 7. The molecule has 0 saturated carbocycles. The van der Waals surface area contributed by atoms with E-state index in [-0.39, 0.29) is 6.71 Å². The van der Waals surface area contributed by atoms with E-state index in [1.165, 1.54) is 65.9 Å². The Morgan fingerprint density at radius 3 is 0.909 bits per heavy atom. The van der Waals surface area contributed by atoms with Crippen molar-refractivity contribution in [2.75, 3.05) is 0 Å². The molecular weight excluding hydrogens is 938 g/mol. The second kappa shape index (κ2) is 17.0. The summed E-state index contributed by atoms with van der Waals surface area (Å²) in [6.45, 7) is 13.0. The molecule has 15 rings (SSSR count). The first-order valence-corrected chi connectivity index (χ1v) is 26.7. The summed E-state index contributed by atoms with van der Waals surface area (Å²) >= 11 is 0. The number of nitrogens with zero attached hydrogens (tertiary/aromatic N) is 7. The number of aryl methyl sites for hydroxylation is 6. The molecule has 7 nitrogen and oxygen atoms in total. The van der Waals surface area contributed by atoms with Crippen molar-refractivity contribution in [2.24, 2.45) is 0 Å². The highest BCUT2D eigenvalue weighted by atomic mass is 15.3. The van der Waals surface area contributed by atoms with Crippen LogP contribution in [-0.2, 0) is 0 Å². The third kappa shape index (κ3) is 6.61. The van der Waals surface area contributed by atoms with Gasteiger partial charge >= 0.3 is 0 Å². The summed E-state index contributed by atoms with van der Waals surface area (Å²) in [7, 11) is 0. The Kier molecular flexibility index (Phi) is 9.92. The predicted molar refractivity (Wildman–Crippen MR) is 323 cm³/mol. The molecule has 0 radical (unpaired) electrons. The van der Waals surface area contributed by atoms with Crippen LogP contribution in [0.25, 0.3) is 110 Å². The van der Waals surface area contributed by atoms with Crippen LogP contribution in [-0.4, -0.2) is 39.9 Å². The van der Waals surface area contributed by atoms with Gasteiger partial charge < -0.3 is 9.13 Å². The van der Waals surface area contributed by atoms with Crippen molar-refractivity contribution >= 4 is 111 Å². The number of benzene rings is 10. The SMILES string of the molecule is Cc1cc(C)c(B(c2nc(-n3c4ccccc4c4c5c6ccccc6n(-c6ccccc6)c5ccc43)nc(-n3c4ccccc4c4c5c6ccccc6n(-c6ccccc6)c5ccc43)n2)c2c(C)cc(C)cc2C)c(C)c1. The van der Waals surface area contributed by atoms with Gasteiger partial charge in [-0.25, -0.2) is 9.97 Å². The van der Waals surface area contributed by atoms with Crippen LogP contribution in [0, 0.1) is 41.5 Å². The summed E-state index contributed by atoms with van der Waals surface area (Å²) in [5, 5.41) is 9.37. The Morgan fingerprint density at radius 2 is 0.571 bits per heavy atom. The molecule has 0 bridgehead atoms. The van der Waals surface area contributed by atoms with Crippen LogP contribution >= 0.6 is 0 Å². The van der Waals surface area contributed by atoms with Crippen molar-refractivity contribution in [3.8, 4) is 23.3 Å². The first-order valence-electron chi connectivity index (χ1n) is 26.7. The van der Waals surface area contributed by atoms with E-state index in [1.54, 1.807) is 0 Å². The molecule has 15 aromatic rings. The molecule has 0 saturated heterocycles. The van der Waals surface area contributed by atoms with Crippen LogP contribution in [0.2, 0.25) is 0 Å². The number of hydrogen-bond donors (Lipinski definition) is 0. The van der Waals surface area contributed by atoms with E-state index in [0.717, 1.165) is 77.1 Å². The molecular formula is C69H52BN7. The van der Waals surface area contributed by atoms with Crippen LogP contribution in [0.4, 0.5) is 0 Å². The van der Waals surface area contributed by atoms with Gasteiger partial charge in [0.2, 0.25) is 11.9 Å².